The first-order chi connectivity index (χ1) is 12.1. The fraction of sp³-hybridized carbons (Fsp3) is 0.333. The van der Waals surface area contributed by atoms with Gasteiger partial charge < -0.3 is 19.5 Å². The fourth-order valence-electron chi connectivity index (χ4n) is 2.85. The molecule has 132 valence electrons. The van der Waals surface area contributed by atoms with Crippen LogP contribution in [-0.2, 0) is 0 Å². The van der Waals surface area contributed by atoms with E-state index in [0.717, 1.165) is 11.4 Å². The summed E-state index contributed by atoms with van der Waals surface area (Å²) < 4.78 is 12.5. The van der Waals surface area contributed by atoms with Crippen LogP contribution in [0.2, 0.25) is 0 Å². The summed E-state index contributed by atoms with van der Waals surface area (Å²) in [6.45, 7) is 0.895. The molecule has 25 heavy (non-hydrogen) atoms. The van der Waals surface area contributed by atoms with Crippen LogP contribution in [0.1, 0.15) is 12.8 Å². The number of piperidine rings is 1. The van der Waals surface area contributed by atoms with Gasteiger partial charge >= 0.3 is 6.09 Å². The standard InChI is InChI=1S/C18H20N2O5/c1-24-14-4-2-13(3-5-14)20-11-8-16(12-17(20)21)25-15-6-9-19(10-7-15)18(22)23/h2-5,8,11-12,15H,6-7,9-10H2,1H3,(H,22,23). The number of likely N-dealkylation sites (tertiary alicyclic amines) is 1. The maximum Gasteiger partial charge on any atom is 0.407 e. The monoisotopic (exact) mass is 344 g/mol. The van der Waals surface area contributed by atoms with Gasteiger partial charge in [-0.15, -0.1) is 0 Å². The lowest BCUT2D eigenvalue weighted by Crippen LogP contribution is -2.41. The average molecular weight is 344 g/mol. The highest BCUT2D eigenvalue weighted by molar-refractivity contribution is 5.65. The first-order valence-electron chi connectivity index (χ1n) is 8.08. The summed E-state index contributed by atoms with van der Waals surface area (Å²) in [6, 6.07) is 10.4. The summed E-state index contributed by atoms with van der Waals surface area (Å²) >= 11 is 0. The number of amides is 1. The van der Waals surface area contributed by atoms with Crippen molar-refractivity contribution in [3.63, 3.8) is 0 Å². The van der Waals surface area contributed by atoms with Crippen molar-refractivity contribution in [2.24, 2.45) is 0 Å². The Balaban J connectivity index is 1.68. The van der Waals surface area contributed by atoms with E-state index in [1.54, 1.807) is 31.5 Å². The molecule has 0 bridgehead atoms. The number of pyridine rings is 1. The Hall–Kier alpha value is -2.96. The summed E-state index contributed by atoms with van der Waals surface area (Å²) in [4.78, 5) is 24.6. The summed E-state index contributed by atoms with van der Waals surface area (Å²) in [5.41, 5.74) is 0.553. The van der Waals surface area contributed by atoms with Crippen LogP contribution in [0.25, 0.3) is 5.69 Å². The normalized spacial score (nSPS) is 15.0. The van der Waals surface area contributed by atoms with Gasteiger partial charge in [0.1, 0.15) is 17.6 Å². The second-order valence-corrected chi connectivity index (χ2v) is 5.86. The molecule has 1 aromatic heterocycles. The van der Waals surface area contributed by atoms with Crippen LogP contribution in [0, 0.1) is 0 Å². The second kappa shape index (κ2) is 7.29. The molecule has 0 atom stereocenters. The van der Waals surface area contributed by atoms with E-state index >= 15 is 0 Å². The van der Waals surface area contributed by atoms with Gasteiger partial charge in [-0.05, 0) is 30.3 Å². The number of carboxylic acid groups (broad SMARTS) is 1. The Morgan fingerprint density at radius 1 is 1.12 bits per heavy atom. The van der Waals surface area contributed by atoms with E-state index in [1.807, 2.05) is 12.1 Å². The van der Waals surface area contributed by atoms with Crippen LogP contribution in [0.3, 0.4) is 0 Å². The molecule has 2 heterocycles. The lowest BCUT2D eigenvalue weighted by Gasteiger charge is -2.30. The van der Waals surface area contributed by atoms with Crippen LogP contribution in [-0.4, -0.2) is 47.0 Å². The highest BCUT2D eigenvalue weighted by atomic mass is 16.5. The Labute approximate surface area is 145 Å². The zero-order valence-corrected chi connectivity index (χ0v) is 13.9. The molecule has 0 spiro atoms. The van der Waals surface area contributed by atoms with Crippen molar-refractivity contribution >= 4 is 6.09 Å². The molecule has 1 aliphatic heterocycles. The SMILES string of the molecule is COc1ccc(-n2ccc(OC3CCN(C(=O)O)CC3)cc2=O)cc1. The molecular formula is C18H20N2O5. The van der Waals surface area contributed by atoms with Crippen molar-refractivity contribution < 1.29 is 19.4 Å². The molecule has 7 nitrogen and oxygen atoms in total. The smallest absolute Gasteiger partial charge is 0.407 e. The van der Waals surface area contributed by atoms with E-state index in [4.69, 9.17) is 14.6 Å². The highest BCUT2D eigenvalue weighted by Crippen LogP contribution is 2.19. The van der Waals surface area contributed by atoms with Gasteiger partial charge in [0.05, 0.1) is 7.11 Å². The van der Waals surface area contributed by atoms with Crippen LogP contribution in [0.5, 0.6) is 11.5 Å². The number of rotatable bonds is 4. The summed E-state index contributed by atoms with van der Waals surface area (Å²) in [5, 5.41) is 8.96. The van der Waals surface area contributed by atoms with Gasteiger partial charge in [0.2, 0.25) is 0 Å². The molecule has 1 aliphatic rings. The molecule has 1 N–H and O–H groups in total. The van der Waals surface area contributed by atoms with E-state index < -0.39 is 6.09 Å². The first kappa shape index (κ1) is 16.9. The maximum atomic E-state index is 12.3. The predicted molar refractivity (Wildman–Crippen MR) is 91.8 cm³/mol. The summed E-state index contributed by atoms with van der Waals surface area (Å²) in [5.74, 6) is 1.23. The van der Waals surface area contributed by atoms with Crippen LogP contribution < -0.4 is 15.0 Å². The van der Waals surface area contributed by atoms with E-state index in [9.17, 15) is 9.59 Å². The number of benzene rings is 1. The topological polar surface area (TPSA) is 81.0 Å². The Morgan fingerprint density at radius 3 is 2.36 bits per heavy atom. The van der Waals surface area contributed by atoms with Crippen molar-refractivity contribution in [1.29, 1.82) is 0 Å². The van der Waals surface area contributed by atoms with Gasteiger partial charge in [0.25, 0.3) is 5.56 Å². The van der Waals surface area contributed by atoms with Gasteiger partial charge in [-0.3, -0.25) is 9.36 Å². The summed E-state index contributed by atoms with van der Waals surface area (Å²) in [6.07, 6.45) is 1.93. The quantitative estimate of drug-likeness (QED) is 0.921. The average Bonchev–Trinajstić information content (AvgIpc) is 2.62. The van der Waals surface area contributed by atoms with Crippen molar-refractivity contribution in [3.8, 4) is 17.2 Å². The molecule has 1 aromatic carbocycles. The van der Waals surface area contributed by atoms with Crippen molar-refractivity contribution in [3.05, 3.63) is 52.9 Å². The van der Waals surface area contributed by atoms with Crippen molar-refractivity contribution in [2.45, 2.75) is 18.9 Å². The molecule has 0 radical (unpaired) electrons. The minimum atomic E-state index is -0.902. The number of nitrogens with zero attached hydrogens (tertiary/aromatic N) is 2. The molecule has 1 fully saturated rings. The third-order valence-electron chi connectivity index (χ3n) is 4.26. The number of carbonyl (C=O) groups is 1. The molecule has 7 heteroatoms. The molecule has 0 unspecified atom stereocenters. The van der Waals surface area contributed by atoms with Crippen molar-refractivity contribution in [2.75, 3.05) is 20.2 Å². The Morgan fingerprint density at radius 2 is 1.80 bits per heavy atom. The molecule has 3 rings (SSSR count). The number of hydrogen-bond acceptors (Lipinski definition) is 4. The minimum absolute atomic E-state index is 0.0770. The maximum absolute atomic E-state index is 12.3. The molecule has 1 saturated heterocycles. The summed E-state index contributed by atoms with van der Waals surface area (Å²) in [7, 11) is 1.59. The Bertz CT molecular complexity index is 792. The predicted octanol–water partition coefficient (Wildman–Crippen LogP) is 2.37. The minimum Gasteiger partial charge on any atom is -0.497 e. The third-order valence-corrected chi connectivity index (χ3v) is 4.26. The van der Waals surface area contributed by atoms with E-state index in [1.165, 1.54) is 15.5 Å². The highest BCUT2D eigenvalue weighted by Gasteiger charge is 2.23. The van der Waals surface area contributed by atoms with Gasteiger partial charge in [0, 0.05) is 43.9 Å². The van der Waals surface area contributed by atoms with Gasteiger partial charge in [-0.25, -0.2) is 4.79 Å². The van der Waals surface area contributed by atoms with Crippen LogP contribution in [0.15, 0.2) is 47.4 Å². The number of methoxy groups -OCH3 is 1. The van der Waals surface area contributed by atoms with Gasteiger partial charge in [-0.1, -0.05) is 0 Å². The molecule has 0 saturated carbocycles. The largest absolute Gasteiger partial charge is 0.497 e. The molecule has 2 aromatic rings. The van der Waals surface area contributed by atoms with E-state index in [-0.39, 0.29) is 11.7 Å². The number of aromatic nitrogens is 1. The Kier molecular flexibility index (Phi) is 4.92. The zero-order chi connectivity index (χ0) is 17.8. The van der Waals surface area contributed by atoms with Crippen LogP contribution in [0.4, 0.5) is 4.79 Å². The lowest BCUT2D eigenvalue weighted by molar-refractivity contribution is 0.0893. The van der Waals surface area contributed by atoms with Crippen LogP contribution >= 0.6 is 0 Å². The second-order valence-electron chi connectivity index (χ2n) is 5.86. The lowest BCUT2D eigenvalue weighted by atomic mass is 10.1. The van der Waals surface area contributed by atoms with E-state index in [0.29, 0.717) is 31.7 Å². The van der Waals surface area contributed by atoms with Gasteiger partial charge in [-0.2, -0.15) is 0 Å². The number of hydrogen-bond donors (Lipinski definition) is 1. The zero-order valence-electron chi connectivity index (χ0n) is 13.9. The number of ether oxygens (including phenoxy) is 2. The third kappa shape index (κ3) is 3.93. The molecular weight excluding hydrogens is 324 g/mol. The fourth-order valence-corrected chi connectivity index (χ4v) is 2.85. The van der Waals surface area contributed by atoms with Gasteiger partial charge in [0.15, 0.2) is 0 Å². The molecule has 0 aliphatic carbocycles. The molecule has 1 amide bonds. The van der Waals surface area contributed by atoms with E-state index in [2.05, 4.69) is 0 Å². The van der Waals surface area contributed by atoms with Crippen molar-refractivity contribution in [1.82, 2.24) is 9.47 Å². The first-order valence-corrected chi connectivity index (χ1v) is 8.08.